The zero-order valence-corrected chi connectivity index (χ0v) is 40.6. The summed E-state index contributed by atoms with van der Waals surface area (Å²) in [5, 5.41) is 6.02. The first-order chi connectivity index (χ1) is 29.8. The molecule has 1 rings (SSSR count). The molecule has 0 saturated carbocycles. The van der Waals surface area contributed by atoms with Gasteiger partial charge in [-0.1, -0.05) is 169 Å². The fraction of sp³-hybridized carbons (Fsp3) is 0.885. The number of carbonyl (C=O) groups is 2. The third-order valence-corrected chi connectivity index (χ3v) is 12.6. The normalized spacial score (nSPS) is 11.7. The molecule has 0 atom stereocenters. The largest absolute Gasteiger partial charge is 0.466 e. The second-order valence-corrected chi connectivity index (χ2v) is 18.2. The highest BCUT2D eigenvalue weighted by Gasteiger charge is 2.19. The van der Waals surface area contributed by atoms with E-state index in [9.17, 15) is 19.2 Å². The first-order valence-electron chi connectivity index (χ1n) is 26.1. The molecule has 0 aliphatic heterocycles. The van der Waals surface area contributed by atoms with Gasteiger partial charge in [0.25, 0.3) is 10.9 Å². The van der Waals surface area contributed by atoms with Gasteiger partial charge in [-0.05, 0) is 89.8 Å². The molecule has 9 heteroatoms. The first kappa shape index (κ1) is 56.6. The molecule has 0 bridgehead atoms. The fourth-order valence-electron chi connectivity index (χ4n) is 8.59. The predicted molar refractivity (Wildman–Crippen MR) is 260 cm³/mol. The molecular weight excluding hydrogens is 763 g/mol. The van der Waals surface area contributed by atoms with Gasteiger partial charge < -0.3 is 25.0 Å². The van der Waals surface area contributed by atoms with Crippen molar-refractivity contribution < 1.29 is 19.1 Å². The highest BCUT2D eigenvalue weighted by Crippen LogP contribution is 2.22. The van der Waals surface area contributed by atoms with Gasteiger partial charge in [-0.15, -0.1) is 0 Å². The summed E-state index contributed by atoms with van der Waals surface area (Å²) in [6, 6.07) is 0. The average Bonchev–Trinajstić information content (AvgIpc) is 3.26. The maximum Gasteiger partial charge on any atom is 0.306 e. The minimum Gasteiger partial charge on any atom is -0.466 e. The van der Waals surface area contributed by atoms with Crippen LogP contribution < -0.4 is 21.5 Å². The zero-order valence-electron chi connectivity index (χ0n) is 40.6. The Labute approximate surface area is 375 Å². The lowest BCUT2D eigenvalue weighted by Crippen LogP contribution is -2.37. The molecule has 0 aromatic heterocycles. The molecule has 0 aliphatic rings. The second-order valence-electron chi connectivity index (χ2n) is 18.2. The lowest BCUT2D eigenvalue weighted by molar-refractivity contribution is -0.150. The van der Waals surface area contributed by atoms with Crippen molar-refractivity contribution in [2.45, 2.75) is 252 Å². The van der Waals surface area contributed by atoms with Crippen molar-refractivity contribution in [2.75, 3.05) is 50.5 Å². The van der Waals surface area contributed by atoms with E-state index in [1.165, 1.54) is 103 Å². The Morgan fingerprint density at radius 2 is 0.918 bits per heavy atom. The van der Waals surface area contributed by atoms with E-state index in [0.29, 0.717) is 43.3 Å². The van der Waals surface area contributed by atoms with E-state index in [4.69, 9.17) is 9.47 Å². The lowest BCUT2D eigenvalue weighted by atomic mass is 9.92. The van der Waals surface area contributed by atoms with Crippen molar-refractivity contribution in [3.05, 3.63) is 20.4 Å². The summed E-state index contributed by atoms with van der Waals surface area (Å²) in [5.74, 6) is 0.645. The Kier molecular flexibility index (Phi) is 37.4. The number of esters is 2. The van der Waals surface area contributed by atoms with Gasteiger partial charge in [0.15, 0.2) is 0 Å². The highest BCUT2D eigenvalue weighted by atomic mass is 16.5. The number of hydrogen-bond acceptors (Lipinski definition) is 9. The van der Waals surface area contributed by atoms with Gasteiger partial charge in [0.2, 0.25) is 0 Å². The minimum absolute atomic E-state index is 0.0124. The molecule has 1 aromatic rings. The SMILES string of the molecule is CCCCCCC(CCCCCC)CCOC(=O)CCCCCCCN(CCCCCCCC(=O)OC(CCCCCC)CCCCCC)CCCNc1c(NC)c(=O)c1=O. The molecule has 0 heterocycles. The van der Waals surface area contributed by atoms with Crippen molar-refractivity contribution in [1.29, 1.82) is 0 Å². The molecule has 0 amide bonds. The van der Waals surface area contributed by atoms with E-state index in [-0.39, 0.29) is 18.0 Å². The molecule has 9 nitrogen and oxygen atoms in total. The number of hydrogen-bond donors (Lipinski definition) is 2. The van der Waals surface area contributed by atoms with Crippen LogP contribution in [-0.4, -0.2) is 62.8 Å². The Morgan fingerprint density at radius 1 is 0.492 bits per heavy atom. The number of nitrogens with zero attached hydrogens (tertiary/aromatic N) is 1. The topological polar surface area (TPSA) is 114 Å². The highest BCUT2D eigenvalue weighted by molar-refractivity contribution is 5.73. The number of anilines is 2. The van der Waals surface area contributed by atoms with Gasteiger partial charge in [0.1, 0.15) is 17.5 Å². The Hall–Kier alpha value is -2.42. The Bertz CT molecular complexity index is 1220. The van der Waals surface area contributed by atoms with E-state index in [2.05, 4.69) is 43.2 Å². The number of carbonyl (C=O) groups excluding carboxylic acids is 2. The summed E-state index contributed by atoms with van der Waals surface area (Å²) in [6.07, 6.45) is 38.4. The summed E-state index contributed by atoms with van der Waals surface area (Å²) in [5.41, 5.74) is -0.0586. The molecule has 0 spiro atoms. The molecule has 0 fully saturated rings. The monoisotopic (exact) mass is 860 g/mol. The molecule has 2 N–H and O–H groups in total. The van der Waals surface area contributed by atoms with Crippen LogP contribution >= 0.6 is 0 Å². The summed E-state index contributed by atoms with van der Waals surface area (Å²) >= 11 is 0. The van der Waals surface area contributed by atoms with Gasteiger partial charge in [-0.3, -0.25) is 19.2 Å². The summed E-state index contributed by atoms with van der Waals surface area (Å²) in [4.78, 5) is 51.5. The van der Waals surface area contributed by atoms with E-state index in [0.717, 1.165) is 122 Å². The average molecular weight is 860 g/mol. The standard InChI is InChI=1S/C52H97N3O6/c1-6-10-14-24-33-45(34-25-15-11-7-2)39-44-60-47(56)37-28-20-18-22-30-41-55(43-32-40-54-50-49(53-5)51(58)52(50)59)42-31-23-19-21-29-38-48(57)61-46(35-26-16-12-8-3)36-27-17-13-9-4/h45-46,53-54H,6-44H2,1-5H3. The van der Waals surface area contributed by atoms with Crippen LogP contribution in [0.3, 0.4) is 0 Å². The van der Waals surface area contributed by atoms with Gasteiger partial charge >= 0.3 is 11.9 Å². The number of ether oxygens (including phenoxy) is 2. The van der Waals surface area contributed by atoms with Gasteiger partial charge in [-0.2, -0.15) is 0 Å². The lowest BCUT2D eigenvalue weighted by Gasteiger charge is -2.23. The first-order valence-corrected chi connectivity index (χ1v) is 26.1. The summed E-state index contributed by atoms with van der Waals surface area (Å²) < 4.78 is 11.7. The molecule has 61 heavy (non-hydrogen) atoms. The van der Waals surface area contributed by atoms with Crippen LogP contribution in [0, 0.1) is 5.92 Å². The molecular formula is C52H97N3O6. The predicted octanol–water partition coefficient (Wildman–Crippen LogP) is 13.5. The third-order valence-electron chi connectivity index (χ3n) is 12.6. The smallest absolute Gasteiger partial charge is 0.306 e. The summed E-state index contributed by atoms with van der Waals surface area (Å²) in [7, 11) is 1.67. The van der Waals surface area contributed by atoms with Crippen molar-refractivity contribution in [2.24, 2.45) is 5.92 Å². The minimum atomic E-state index is -0.439. The Balaban J connectivity index is 2.40. The van der Waals surface area contributed by atoms with Crippen molar-refractivity contribution in [3.8, 4) is 0 Å². The van der Waals surface area contributed by atoms with Crippen molar-refractivity contribution in [1.82, 2.24) is 4.90 Å². The third kappa shape index (κ3) is 30.3. The maximum atomic E-state index is 12.7. The molecule has 1 aromatic carbocycles. The van der Waals surface area contributed by atoms with Gasteiger partial charge in [0, 0.05) is 26.4 Å². The maximum absolute atomic E-state index is 12.7. The van der Waals surface area contributed by atoms with E-state index < -0.39 is 10.9 Å². The van der Waals surface area contributed by atoms with Crippen LogP contribution in [0.25, 0.3) is 0 Å². The van der Waals surface area contributed by atoms with Crippen LogP contribution in [0.4, 0.5) is 11.4 Å². The van der Waals surface area contributed by atoms with E-state index in [1.54, 1.807) is 7.05 Å². The van der Waals surface area contributed by atoms with Gasteiger partial charge in [0.05, 0.1) is 6.61 Å². The fourth-order valence-corrected chi connectivity index (χ4v) is 8.59. The number of unbranched alkanes of at least 4 members (excludes halogenated alkanes) is 20. The van der Waals surface area contributed by atoms with Crippen LogP contribution in [0.15, 0.2) is 9.59 Å². The van der Waals surface area contributed by atoms with E-state index in [1.807, 2.05) is 0 Å². The number of rotatable bonds is 46. The molecule has 0 saturated heterocycles. The molecule has 356 valence electrons. The Morgan fingerprint density at radius 3 is 1.43 bits per heavy atom. The van der Waals surface area contributed by atoms with E-state index >= 15 is 0 Å². The van der Waals surface area contributed by atoms with Crippen LogP contribution in [0.1, 0.15) is 246 Å². The number of nitrogens with one attached hydrogen (secondary N) is 2. The summed E-state index contributed by atoms with van der Waals surface area (Å²) in [6.45, 7) is 13.2. The molecule has 0 aliphatic carbocycles. The zero-order chi connectivity index (χ0) is 44.6. The van der Waals surface area contributed by atoms with Crippen molar-refractivity contribution >= 4 is 23.3 Å². The van der Waals surface area contributed by atoms with Gasteiger partial charge in [-0.25, -0.2) is 0 Å². The van der Waals surface area contributed by atoms with Crippen molar-refractivity contribution in [3.63, 3.8) is 0 Å². The molecule has 0 unspecified atom stereocenters. The molecule has 0 radical (unpaired) electrons. The van der Waals surface area contributed by atoms with Crippen LogP contribution in [-0.2, 0) is 19.1 Å². The second kappa shape index (κ2) is 40.4. The van der Waals surface area contributed by atoms with Crippen LogP contribution in [0.5, 0.6) is 0 Å². The quantitative estimate of drug-likeness (QED) is 0.0376. The van der Waals surface area contributed by atoms with Crippen LogP contribution in [0.2, 0.25) is 0 Å².